The second kappa shape index (κ2) is 11.6. The fourth-order valence-electron chi connectivity index (χ4n) is 1.71. The number of hydrogen-bond donors (Lipinski definition) is 2. The Kier molecular flexibility index (Phi) is 10.5. The van der Waals surface area contributed by atoms with Gasteiger partial charge in [0.25, 0.3) is 5.09 Å². The number of unbranched alkanes of at least 4 members (excludes halogenated alkanes) is 3. The maximum atomic E-state index is 11.5. The van der Waals surface area contributed by atoms with Crippen molar-refractivity contribution in [1.29, 1.82) is 0 Å². The largest absolute Gasteiger partial charge is 0.480 e. The molecule has 128 valence electrons. The number of carboxylic acid groups (broad SMARTS) is 1. The quantitative estimate of drug-likeness (QED) is 0.319. The Labute approximate surface area is 129 Å². The van der Waals surface area contributed by atoms with E-state index in [1.54, 1.807) is 6.92 Å². The van der Waals surface area contributed by atoms with Gasteiger partial charge in [-0.05, 0) is 25.2 Å². The van der Waals surface area contributed by atoms with Gasteiger partial charge in [0.15, 0.2) is 0 Å². The highest BCUT2D eigenvalue weighted by atomic mass is 16.9. The summed E-state index contributed by atoms with van der Waals surface area (Å²) < 4.78 is 4.91. The summed E-state index contributed by atoms with van der Waals surface area (Å²) in [7, 11) is 0. The molecule has 0 aromatic heterocycles. The Hall–Kier alpha value is -2.06. The first-order valence-corrected chi connectivity index (χ1v) is 7.31. The summed E-state index contributed by atoms with van der Waals surface area (Å²) in [4.78, 5) is 36.6. The normalized spacial score (nSPS) is 13.0. The number of hydrogen-bond acceptors (Lipinski definition) is 6. The van der Waals surface area contributed by atoms with Crippen molar-refractivity contribution in [3.63, 3.8) is 0 Å². The molecule has 22 heavy (non-hydrogen) atoms. The average Bonchev–Trinajstić information content (AvgIpc) is 2.46. The summed E-state index contributed by atoms with van der Waals surface area (Å²) in [5.74, 6) is -1.27. The topological polar surface area (TPSA) is 128 Å². The van der Waals surface area contributed by atoms with Gasteiger partial charge in [0, 0.05) is 0 Å². The molecule has 0 saturated heterocycles. The van der Waals surface area contributed by atoms with Crippen LogP contribution in [-0.4, -0.2) is 41.5 Å². The Morgan fingerprint density at radius 2 is 1.82 bits per heavy atom. The number of nitrogens with zero attached hydrogens (tertiary/aromatic N) is 1. The first kappa shape index (κ1) is 19.9. The third-order valence-electron chi connectivity index (χ3n) is 3.22. The lowest BCUT2D eigenvalue weighted by molar-refractivity contribution is -0.757. The molecule has 9 nitrogen and oxygen atoms in total. The predicted octanol–water partition coefficient (Wildman–Crippen LogP) is 1.98. The van der Waals surface area contributed by atoms with Crippen LogP contribution in [0, 0.1) is 16.0 Å². The highest BCUT2D eigenvalue weighted by Crippen LogP contribution is 2.08. The van der Waals surface area contributed by atoms with Gasteiger partial charge in [-0.15, -0.1) is 10.1 Å². The van der Waals surface area contributed by atoms with Crippen LogP contribution in [-0.2, 0) is 14.4 Å². The molecule has 0 aliphatic carbocycles. The van der Waals surface area contributed by atoms with Crippen molar-refractivity contribution in [2.24, 2.45) is 5.92 Å². The van der Waals surface area contributed by atoms with Crippen LogP contribution < -0.4 is 5.32 Å². The molecule has 0 radical (unpaired) electrons. The smallest absolute Gasteiger partial charge is 0.407 e. The third kappa shape index (κ3) is 9.78. The van der Waals surface area contributed by atoms with Crippen LogP contribution in [0.15, 0.2) is 0 Å². The monoisotopic (exact) mass is 320 g/mol. The molecule has 0 aliphatic rings. The fraction of sp³-hybridized carbons (Fsp3) is 0.846. The molecule has 0 aromatic carbocycles. The molecule has 2 N–H and O–H groups in total. The van der Waals surface area contributed by atoms with E-state index in [1.165, 1.54) is 0 Å². The summed E-state index contributed by atoms with van der Waals surface area (Å²) in [6.45, 7) is 3.82. The predicted molar refractivity (Wildman–Crippen MR) is 76.8 cm³/mol. The number of amides is 1. The first-order chi connectivity index (χ1) is 10.4. The molecule has 0 aliphatic heterocycles. The van der Waals surface area contributed by atoms with E-state index < -0.39 is 23.2 Å². The number of aliphatic carboxylic acids is 1. The molecule has 0 fully saturated rings. The van der Waals surface area contributed by atoms with E-state index in [4.69, 9.17) is 9.84 Å². The zero-order valence-corrected chi connectivity index (χ0v) is 12.9. The van der Waals surface area contributed by atoms with Crippen LogP contribution in [0.1, 0.15) is 46.0 Å². The zero-order chi connectivity index (χ0) is 17.0. The lowest BCUT2D eigenvalue weighted by atomic mass is 10.00. The van der Waals surface area contributed by atoms with Crippen molar-refractivity contribution in [1.82, 2.24) is 5.32 Å². The minimum absolute atomic E-state index is 0.0591. The van der Waals surface area contributed by atoms with Gasteiger partial charge in [-0.1, -0.05) is 26.7 Å². The van der Waals surface area contributed by atoms with Crippen LogP contribution in [0.3, 0.4) is 0 Å². The second-order valence-corrected chi connectivity index (χ2v) is 4.95. The zero-order valence-electron chi connectivity index (χ0n) is 12.9. The van der Waals surface area contributed by atoms with Gasteiger partial charge in [0.1, 0.15) is 6.04 Å². The Morgan fingerprint density at radius 1 is 1.23 bits per heavy atom. The molecule has 0 heterocycles. The molecular formula is C13H24N2O7. The molecule has 1 amide bonds. The van der Waals surface area contributed by atoms with Crippen molar-refractivity contribution >= 4 is 12.1 Å². The Balaban J connectivity index is 3.72. The van der Waals surface area contributed by atoms with Gasteiger partial charge in [-0.3, -0.25) is 0 Å². The van der Waals surface area contributed by atoms with Crippen molar-refractivity contribution in [3.05, 3.63) is 10.1 Å². The van der Waals surface area contributed by atoms with Gasteiger partial charge in [-0.2, -0.15) is 0 Å². The summed E-state index contributed by atoms with van der Waals surface area (Å²) in [5.41, 5.74) is 0. The lowest BCUT2D eigenvalue weighted by Gasteiger charge is -2.19. The molecule has 2 atom stereocenters. The molecule has 0 saturated carbocycles. The van der Waals surface area contributed by atoms with Crippen molar-refractivity contribution in [2.45, 2.75) is 52.0 Å². The highest BCUT2D eigenvalue weighted by molar-refractivity contribution is 5.80. The van der Waals surface area contributed by atoms with E-state index in [2.05, 4.69) is 10.2 Å². The van der Waals surface area contributed by atoms with E-state index in [-0.39, 0.29) is 19.1 Å². The van der Waals surface area contributed by atoms with E-state index in [0.29, 0.717) is 19.3 Å². The number of nitrogens with one attached hydrogen (secondary N) is 1. The summed E-state index contributed by atoms with van der Waals surface area (Å²) in [6, 6.07) is -0.961. The molecule has 2 unspecified atom stereocenters. The minimum atomic E-state index is -1.09. The third-order valence-corrected chi connectivity index (χ3v) is 3.22. The first-order valence-electron chi connectivity index (χ1n) is 7.31. The van der Waals surface area contributed by atoms with E-state index >= 15 is 0 Å². The van der Waals surface area contributed by atoms with Crippen LogP contribution >= 0.6 is 0 Å². The second-order valence-electron chi connectivity index (χ2n) is 4.95. The standard InChI is InChI=1S/C13H24N2O7/c1-3-10(2)11(12(16)17)14-13(18)21-8-6-4-5-7-9-22-15(19)20/h10-11H,3-9H2,1-2H3,(H,14,18)(H,16,17). The average molecular weight is 320 g/mol. The van der Waals surface area contributed by atoms with Crippen molar-refractivity contribution < 1.29 is 29.4 Å². The summed E-state index contributed by atoms with van der Waals surface area (Å²) in [5, 5.41) is 20.4. The summed E-state index contributed by atoms with van der Waals surface area (Å²) in [6.07, 6.45) is 2.51. The van der Waals surface area contributed by atoms with Crippen LogP contribution in [0.4, 0.5) is 4.79 Å². The summed E-state index contributed by atoms with van der Waals surface area (Å²) >= 11 is 0. The highest BCUT2D eigenvalue weighted by Gasteiger charge is 2.25. The van der Waals surface area contributed by atoms with Gasteiger partial charge in [0.05, 0.1) is 13.2 Å². The van der Waals surface area contributed by atoms with Crippen LogP contribution in [0.25, 0.3) is 0 Å². The van der Waals surface area contributed by atoms with E-state index in [1.807, 2.05) is 6.92 Å². The molecule has 0 spiro atoms. The van der Waals surface area contributed by atoms with Crippen LogP contribution in [0.5, 0.6) is 0 Å². The number of carbonyl (C=O) groups is 2. The van der Waals surface area contributed by atoms with Crippen molar-refractivity contribution in [3.8, 4) is 0 Å². The minimum Gasteiger partial charge on any atom is -0.480 e. The lowest BCUT2D eigenvalue weighted by Crippen LogP contribution is -2.45. The number of rotatable bonds is 12. The maximum absolute atomic E-state index is 11.5. The number of carboxylic acids is 1. The van der Waals surface area contributed by atoms with Gasteiger partial charge in [-0.25, -0.2) is 9.59 Å². The van der Waals surface area contributed by atoms with Gasteiger partial charge >= 0.3 is 12.1 Å². The molecule has 0 bridgehead atoms. The fourth-order valence-corrected chi connectivity index (χ4v) is 1.71. The van der Waals surface area contributed by atoms with Gasteiger partial charge in [0.2, 0.25) is 0 Å². The molecular weight excluding hydrogens is 296 g/mol. The Bertz CT molecular complexity index is 362. The SMILES string of the molecule is CCC(C)C(NC(=O)OCCCCCCO[N+](=O)[O-])C(=O)O. The van der Waals surface area contributed by atoms with Crippen LogP contribution in [0.2, 0.25) is 0 Å². The molecule has 9 heteroatoms. The maximum Gasteiger partial charge on any atom is 0.407 e. The molecule has 0 rings (SSSR count). The Morgan fingerprint density at radius 3 is 2.32 bits per heavy atom. The number of alkyl carbamates (subject to hydrolysis) is 1. The van der Waals surface area contributed by atoms with E-state index in [0.717, 1.165) is 12.8 Å². The molecule has 0 aromatic rings. The number of carbonyl (C=O) groups excluding carboxylic acids is 1. The van der Waals surface area contributed by atoms with Crippen molar-refractivity contribution in [2.75, 3.05) is 13.2 Å². The van der Waals surface area contributed by atoms with E-state index in [9.17, 15) is 19.7 Å². The number of ether oxygens (including phenoxy) is 1. The van der Waals surface area contributed by atoms with Gasteiger partial charge < -0.3 is 20.0 Å².